The Hall–Kier alpha value is -4.82. The van der Waals surface area contributed by atoms with Crippen molar-refractivity contribution in [3.63, 3.8) is 0 Å². The van der Waals surface area contributed by atoms with Crippen LogP contribution in [-0.2, 0) is 0 Å². The molecule has 0 aliphatic heterocycles. The van der Waals surface area contributed by atoms with E-state index in [1.165, 1.54) is 16.7 Å². The van der Waals surface area contributed by atoms with Crippen molar-refractivity contribution in [2.75, 3.05) is 0 Å². The summed E-state index contributed by atoms with van der Waals surface area (Å²) in [6.45, 7) is 0. The first kappa shape index (κ1) is 25.2. The van der Waals surface area contributed by atoms with E-state index < -0.39 is 0 Å². The molecule has 193 valence electrons. The van der Waals surface area contributed by atoms with Gasteiger partial charge in [0.05, 0.1) is 0 Å². The van der Waals surface area contributed by atoms with Gasteiger partial charge < -0.3 is 0 Å². The number of hydrogen-bond donors (Lipinski definition) is 0. The van der Waals surface area contributed by atoms with Crippen LogP contribution in [0.1, 0.15) is 0 Å². The summed E-state index contributed by atoms with van der Waals surface area (Å²) in [6.07, 6.45) is 0. The molecule has 0 fully saturated rings. The van der Waals surface area contributed by atoms with Crippen LogP contribution in [0.2, 0.25) is 0 Å². The summed E-state index contributed by atoms with van der Waals surface area (Å²) >= 11 is 3.40. The van der Waals surface area contributed by atoms with Crippen molar-refractivity contribution in [1.29, 1.82) is 0 Å². The van der Waals surface area contributed by atoms with E-state index >= 15 is 0 Å². The van der Waals surface area contributed by atoms with E-state index in [0.717, 1.165) is 54.7 Å². The third kappa shape index (κ3) is 4.87. The van der Waals surface area contributed by atoms with Crippen LogP contribution < -0.4 is 4.46 Å². The molecule has 7 rings (SSSR count). The Kier molecular flexibility index (Phi) is 6.74. The number of hydrogen-bond acceptors (Lipinski definition) is 2. The average Bonchev–Trinajstić information content (AvgIpc) is 3.05. The Morgan fingerprint density at radius 3 is 1.54 bits per heavy atom. The van der Waals surface area contributed by atoms with E-state index in [2.05, 4.69) is 131 Å². The molecule has 3 heteroatoms. The molecule has 0 spiro atoms. The molecule has 0 N–H and O–H groups in total. The second-order valence-electron chi connectivity index (χ2n) is 9.96. The molecule has 1 radical (unpaired) electrons. The SMILES string of the molecule is [Se]c1c(-c2cccc(-c3ccccc3)c2)cccc1-c1cccc2nc(-c3ccccc3)c(-c3ccccc3)nc12. The second kappa shape index (κ2) is 11.0. The second-order valence-corrected chi connectivity index (χ2v) is 10.8. The molecule has 0 atom stereocenters. The minimum absolute atomic E-state index is 0.872. The van der Waals surface area contributed by atoms with Crippen LogP contribution in [-0.4, -0.2) is 26.0 Å². The van der Waals surface area contributed by atoms with Crippen LogP contribution in [0.3, 0.4) is 0 Å². The number of fused-ring (bicyclic) bond motifs is 1. The zero-order valence-corrected chi connectivity index (χ0v) is 23.9. The molecule has 0 saturated heterocycles. The summed E-state index contributed by atoms with van der Waals surface area (Å²) in [5, 5.41) is 0. The van der Waals surface area contributed by atoms with Crippen LogP contribution >= 0.6 is 0 Å². The van der Waals surface area contributed by atoms with Crippen LogP contribution in [0.25, 0.3) is 66.9 Å². The van der Waals surface area contributed by atoms with Crippen molar-refractivity contribution in [3.05, 3.63) is 152 Å². The minimum atomic E-state index is 0.872. The van der Waals surface area contributed by atoms with Crippen LogP contribution in [0, 0.1) is 0 Å². The van der Waals surface area contributed by atoms with E-state index in [0.29, 0.717) is 0 Å². The van der Waals surface area contributed by atoms with Crippen molar-refractivity contribution in [1.82, 2.24) is 9.97 Å². The number of rotatable bonds is 5. The molecule has 7 aromatic rings. The predicted molar refractivity (Wildman–Crippen MR) is 172 cm³/mol. The van der Waals surface area contributed by atoms with Crippen molar-refractivity contribution in [2.24, 2.45) is 0 Å². The summed E-state index contributed by atoms with van der Waals surface area (Å²) < 4.78 is 1.10. The maximum atomic E-state index is 5.32. The first-order valence-corrected chi connectivity index (χ1v) is 14.5. The molecule has 1 aromatic heterocycles. The normalized spacial score (nSPS) is 11.0. The van der Waals surface area contributed by atoms with E-state index in [9.17, 15) is 0 Å². The van der Waals surface area contributed by atoms with Crippen molar-refractivity contribution in [3.8, 4) is 55.9 Å². The fourth-order valence-corrected chi connectivity index (χ4v) is 6.13. The molecule has 0 amide bonds. The first-order chi connectivity index (χ1) is 20.3. The first-order valence-electron chi connectivity index (χ1n) is 13.6. The van der Waals surface area contributed by atoms with Crippen LogP contribution in [0.5, 0.6) is 0 Å². The molecule has 1 heterocycles. The molecule has 41 heavy (non-hydrogen) atoms. The number of para-hydroxylation sites is 1. The van der Waals surface area contributed by atoms with Crippen molar-refractivity contribution >= 4 is 31.5 Å². The quantitative estimate of drug-likeness (QED) is 0.188. The number of aromatic nitrogens is 2. The fraction of sp³-hybridized carbons (Fsp3) is 0. The molecular formula is C38H25N2Se. The molecular weight excluding hydrogens is 563 g/mol. The van der Waals surface area contributed by atoms with E-state index in [1.54, 1.807) is 0 Å². The van der Waals surface area contributed by atoms with Gasteiger partial charge in [0.2, 0.25) is 0 Å². The van der Waals surface area contributed by atoms with Gasteiger partial charge in [-0.2, -0.15) is 0 Å². The standard InChI is InChI=1S/C38H25N2Se/c41-38-31(30-20-10-19-29(25-30)26-13-4-1-5-14-26)21-11-23-33(38)32-22-12-24-34-37(32)40-36(28-17-8-3-9-18-28)35(39-34)27-15-6-2-7-16-27/h1-25H. The number of benzene rings is 6. The molecule has 0 bridgehead atoms. The predicted octanol–water partition coefficient (Wildman–Crippen LogP) is 8.76. The van der Waals surface area contributed by atoms with Gasteiger partial charge in [0.15, 0.2) is 0 Å². The molecule has 0 saturated carbocycles. The molecule has 2 nitrogen and oxygen atoms in total. The summed E-state index contributed by atoms with van der Waals surface area (Å²) in [5.74, 6) is 0. The van der Waals surface area contributed by atoms with Crippen LogP contribution in [0.4, 0.5) is 0 Å². The van der Waals surface area contributed by atoms with Crippen molar-refractivity contribution < 1.29 is 0 Å². The summed E-state index contributed by atoms with van der Waals surface area (Å²) in [6, 6.07) is 52.6. The van der Waals surface area contributed by atoms with Gasteiger partial charge >= 0.3 is 249 Å². The Morgan fingerprint density at radius 2 is 0.854 bits per heavy atom. The Labute approximate surface area is 248 Å². The molecule has 0 aliphatic carbocycles. The summed E-state index contributed by atoms with van der Waals surface area (Å²) in [4.78, 5) is 10.5. The van der Waals surface area contributed by atoms with Gasteiger partial charge in [0.1, 0.15) is 0 Å². The van der Waals surface area contributed by atoms with Gasteiger partial charge in [-0.3, -0.25) is 0 Å². The zero-order valence-electron chi connectivity index (χ0n) is 22.2. The monoisotopic (exact) mass is 589 g/mol. The van der Waals surface area contributed by atoms with E-state index in [1.807, 2.05) is 36.4 Å². The van der Waals surface area contributed by atoms with E-state index in [4.69, 9.17) is 9.97 Å². The number of nitrogens with zero attached hydrogens (tertiary/aromatic N) is 2. The molecule has 0 unspecified atom stereocenters. The average molecular weight is 589 g/mol. The van der Waals surface area contributed by atoms with E-state index in [-0.39, 0.29) is 0 Å². The van der Waals surface area contributed by atoms with Gasteiger partial charge in [-0.1, -0.05) is 0 Å². The van der Waals surface area contributed by atoms with Crippen LogP contribution in [0.15, 0.2) is 152 Å². The fourth-order valence-electron chi connectivity index (χ4n) is 5.36. The maximum absolute atomic E-state index is 5.32. The summed E-state index contributed by atoms with van der Waals surface area (Å²) in [7, 11) is 0. The Balaban J connectivity index is 1.41. The molecule has 0 aliphatic rings. The molecule has 6 aromatic carbocycles. The van der Waals surface area contributed by atoms with Gasteiger partial charge in [-0.15, -0.1) is 0 Å². The van der Waals surface area contributed by atoms with Gasteiger partial charge in [0, 0.05) is 0 Å². The van der Waals surface area contributed by atoms with Gasteiger partial charge in [0.25, 0.3) is 0 Å². The third-order valence-electron chi connectivity index (χ3n) is 7.38. The third-order valence-corrected chi connectivity index (χ3v) is 8.30. The van der Waals surface area contributed by atoms with Gasteiger partial charge in [-0.05, 0) is 0 Å². The van der Waals surface area contributed by atoms with Gasteiger partial charge in [-0.25, -0.2) is 0 Å². The van der Waals surface area contributed by atoms with Crippen molar-refractivity contribution in [2.45, 2.75) is 0 Å². The topological polar surface area (TPSA) is 25.8 Å². The Morgan fingerprint density at radius 1 is 0.366 bits per heavy atom. The summed E-state index contributed by atoms with van der Waals surface area (Å²) in [5.41, 5.74) is 12.5. The zero-order chi connectivity index (χ0) is 27.6. The Bertz CT molecular complexity index is 1990.